The van der Waals surface area contributed by atoms with Gasteiger partial charge in [-0.2, -0.15) is 5.10 Å². The van der Waals surface area contributed by atoms with Crippen molar-refractivity contribution in [3.05, 3.63) is 29.8 Å². The molecular weight excluding hydrogens is 368 g/mol. The zero-order valence-electron chi connectivity index (χ0n) is 17.3. The van der Waals surface area contributed by atoms with Crippen LogP contribution >= 0.6 is 0 Å². The van der Waals surface area contributed by atoms with Gasteiger partial charge < -0.3 is 19.3 Å². The molecule has 0 amide bonds. The highest BCUT2D eigenvalue weighted by atomic mass is 16.5. The number of fused-ring (bicyclic) bond motifs is 1. The van der Waals surface area contributed by atoms with Crippen LogP contribution in [-0.4, -0.2) is 83.8 Å². The van der Waals surface area contributed by atoms with Gasteiger partial charge in [-0.15, -0.1) is 0 Å². The summed E-state index contributed by atoms with van der Waals surface area (Å²) in [5, 5.41) is 4.56. The molecule has 2 aromatic rings. The summed E-state index contributed by atoms with van der Waals surface area (Å²) in [6.45, 7) is 12.7. The molecule has 0 bridgehead atoms. The molecule has 8 nitrogen and oxygen atoms in total. The molecule has 5 rings (SSSR count). The summed E-state index contributed by atoms with van der Waals surface area (Å²) >= 11 is 0. The second kappa shape index (κ2) is 8.01. The molecule has 3 saturated heterocycles. The maximum Gasteiger partial charge on any atom is 0.159 e. The molecule has 0 N–H and O–H groups in total. The largest absolute Gasteiger partial charge is 0.379 e. The van der Waals surface area contributed by atoms with Gasteiger partial charge in [0.1, 0.15) is 12.1 Å². The van der Waals surface area contributed by atoms with E-state index in [0.29, 0.717) is 17.8 Å². The standard InChI is InChI=1S/C21H30N6O2/c1-15-5-16(2)27(24-15)21-6-20(22-14-23-21)26-10-18-8-25(9-19(18)11-26)7-17-12-28-3-4-29-13-17/h5-6,14,17-19H,3-4,7-13H2,1-2H3. The van der Waals surface area contributed by atoms with Crippen LogP contribution in [-0.2, 0) is 9.47 Å². The molecule has 0 spiro atoms. The van der Waals surface area contributed by atoms with E-state index in [9.17, 15) is 0 Å². The zero-order valence-corrected chi connectivity index (χ0v) is 17.3. The average Bonchev–Trinajstić information content (AvgIpc) is 3.29. The SMILES string of the molecule is Cc1cc(C)n(-c2cc(N3CC4CN(CC5COCCOC5)CC4C3)ncn2)n1. The zero-order chi connectivity index (χ0) is 19.8. The molecule has 2 aromatic heterocycles. The average molecular weight is 399 g/mol. The predicted octanol–water partition coefficient (Wildman–Crippen LogP) is 1.31. The second-order valence-corrected chi connectivity index (χ2v) is 8.73. The summed E-state index contributed by atoms with van der Waals surface area (Å²) in [4.78, 5) is 14.0. The van der Waals surface area contributed by atoms with Crippen LogP contribution in [0.3, 0.4) is 0 Å². The summed E-state index contributed by atoms with van der Waals surface area (Å²) < 4.78 is 13.2. The van der Waals surface area contributed by atoms with Crippen molar-refractivity contribution in [2.24, 2.45) is 17.8 Å². The Balaban J connectivity index is 1.22. The number of nitrogens with zero attached hydrogens (tertiary/aromatic N) is 6. The minimum Gasteiger partial charge on any atom is -0.379 e. The van der Waals surface area contributed by atoms with Crippen LogP contribution in [0.2, 0.25) is 0 Å². The van der Waals surface area contributed by atoms with E-state index in [-0.39, 0.29) is 0 Å². The van der Waals surface area contributed by atoms with Gasteiger partial charge in [-0.1, -0.05) is 0 Å². The monoisotopic (exact) mass is 398 g/mol. The first kappa shape index (κ1) is 19.0. The fourth-order valence-corrected chi connectivity index (χ4v) is 5.05. The number of aromatic nitrogens is 4. The van der Waals surface area contributed by atoms with Crippen LogP contribution in [0.25, 0.3) is 5.82 Å². The van der Waals surface area contributed by atoms with E-state index in [1.54, 1.807) is 6.33 Å². The van der Waals surface area contributed by atoms with Crippen LogP contribution < -0.4 is 4.90 Å². The number of hydrogen-bond donors (Lipinski definition) is 0. The fraction of sp³-hybridized carbons (Fsp3) is 0.667. The summed E-state index contributed by atoms with van der Waals surface area (Å²) in [6, 6.07) is 4.14. The van der Waals surface area contributed by atoms with Gasteiger partial charge in [0.2, 0.25) is 0 Å². The van der Waals surface area contributed by atoms with E-state index in [2.05, 4.69) is 43.9 Å². The van der Waals surface area contributed by atoms with Crippen molar-refractivity contribution in [1.29, 1.82) is 0 Å². The first-order valence-corrected chi connectivity index (χ1v) is 10.6. The second-order valence-electron chi connectivity index (χ2n) is 8.73. The van der Waals surface area contributed by atoms with Crippen LogP contribution in [0.1, 0.15) is 11.4 Å². The first-order chi connectivity index (χ1) is 14.2. The van der Waals surface area contributed by atoms with E-state index in [4.69, 9.17) is 9.47 Å². The van der Waals surface area contributed by atoms with Gasteiger partial charge >= 0.3 is 0 Å². The molecule has 0 radical (unpaired) electrons. The molecule has 3 fully saturated rings. The Morgan fingerprint density at radius 3 is 2.28 bits per heavy atom. The lowest BCUT2D eigenvalue weighted by molar-refractivity contribution is 0.103. The summed E-state index contributed by atoms with van der Waals surface area (Å²) in [5.74, 6) is 3.75. The van der Waals surface area contributed by atoms with Gasteiger partial charge in [-0.05, 0) is 31.7 Å². The van der Waals surface area contributed by atoms with Gasteiger partial charge in [-0.3, -0.25) is 0 Å². The Morgan fingerprint density at radius 1 is 0.931 bits per heavy atom. The third-order valence-corrected chi connectivity index (χ3v) is 6.35. The molecule has 8 heteroatoms. The summed E-state index contributed by atoms with van der Waals surface area (Å²) in [7, 11) is 0. The molecular formula is C21H30N6O2. The van der Waals surface area contributed by atoms with Crippen molar-refractivity contribution >= 4 is 5.82 Å². The van der Waals surface area contributed by atoms with Crippen molar-refractivity contribution < 1.29 is 9.47 Å². The van der Waals surface area contributed by atoms with Gasteiger partial charge in [0.05, 0.1) is 32.1 Å². The van der Waals surface area contributed by atoms with Gasteiger partial charge in [0, 0.05) is 50.4 Å². The number of rotatable bonds is 4. The minimum absolute atomic E-state index is 0.498. The number of anilines is 1. The molecule has 0 aromatic carbocycles. The molecule has 2 unspecified atom stereocenters. The molecule has 3 aliphatic rings. The number of hydrogen-bond acceptors (Lipinski definition) is 7. The van der Waals surface area contributed by atoms with E-state index < -0.39 is 0 Å². The molecule has 156 valence electrons. The van der Waals surface area contributed by atoms with E-state index in [1.165, 1.54) is 0 Å². The predicted molar refractivity (Wildman–Crippen MR) is 109 cm³/mol. The lowest BCUT2D eigenvalue weighted by atomic mass is 10.0. The highest BCUT2D eigenvalue weighted by molar-refractivity contribution is 5.45. The van der Waals surface area contributed by atoms with Crippen molar-refractivity contribution in [2.75, 3.05) is 64.1 Å². The number of ether oxygens (including phenoxy) is 2. The third kappa shape index (κ3) is 4.01. The highest BCUT2D eigenvalue weighted by Crippen LogP contribution is 2.34. The Kier molecular flexibility index (Phi) is 5.24. The topological polar surface area (TPSA) is 68.5 Å². The van der Waals surface area contributed by atoms with Crippen molar-refractivity contribution in [3.8, 4) is 5.82 Å². The minimum atomic E-state index is 0.498. The lowest BCUT2D eigenvalue weighted by Gasteiger charge is -2.25. The summed E-state index contributed by atoms with van der Waals surface area (Å²) in [5.41, 5.74) is 2.09. The van der Waals surface area contributed by atoms with Gasteiger partial charge in [0.25, 0.3) is 0 Å². The smallest absolute Gasteiger partial charge is 0.159 e. The Bertz CT molecular complexity index is 833. The maximum atomic E-state index is 5.66. The van der Waals surface area contributed by atoms with Gasteiger partial charge in [-0.25, -0.2) is 14.6 Å². The third-order valence-electron chi connectivity index (χ3n) is 6.35. The maximum absolute atomic E-state index is 5.66. The lowest BCUT2D eigenvalue weighted by Crippen LogP contribution is -2.34. The van der Waals surface area contributed by atoms with Crippen LogP contribution in [0.4, 0.5) is 5.82 Å². The summed E-state index contributed by atoms with van der Waals surface area (Å²) in [6.07, 6.45) is 1.66. The molecule has 0 saturated carbocycles. The molecule has 2 atom stereocenters. The van der Waals surface area contributed by atoms with Crippen LogP contribution in [0.5, 0.6) is 0 Å². The molecule has 29 heavy (non-hydrogen) atoms. The molecule has 0 aliphatic carbocycles. The van der Waals surface area contributed by atoms with E-state index in [1.807, 2.05) is 11.6 Å². The van der Waals surface area contributed by atoms with Crippen molar-refractivity contribution in [1.82, 2.24) is 24.6 Å². The van der Waals surface area contributed by atoms with Crippen molar-refractivity contribution in [3.63, 3.8) is 0 Å². The van der Waals surface area contributed by atoms with Crippen LogP contribution in [0.15, 0.2) is 18.5 Å². The Labute approximate surface area is 171 Å². The Hall–Kier alpha value is -2.03. The first-order valence-electron chi connectivity index (χ1n) is 10.6. The van der Waals surface area contributed by atoms with Gasteiger partial charge in [0.15, 0.2) is 5.82 Å². The normalized spacial score (nSPS) is 26.1. The fourth-order valence-electron chi connectivity index (χ4n) is 5.05. The quantitative estimate of drug-likeness (QED) is 0.769. The number of aryl methyl sites for hydroxylation is 2. The molecule has 3 aliphatic heterocycles. The molecule has 5 heterocycles. The highest BCUT2D eigenvalue weighted by Gasteiger charge is 2.41. The number of likely N-dealkylation sites (tertiary alicyclic amines) is 1. The van der Waals surface area contributed by atoms with E-state index in [0.717, 1.165) is 82.2 Å². The Morgan fingerprint density at radius 2 is 1.62 bits per heavy atom. The van der Waals surface area contributed by atoms with Crippen molar-refractivity contribution in [2.45, 2.75) is 13.8 Å². The van der Waals surface area contributed by atoms with Crippen LogP contribution in [0, 0.1) is 31.6 Å². The van der Waals surface area contributed by atoms with E-state index >= 15 is 0 Å².